The van der Waals surface area contributed by atoms with Gasteiger partial charge in [-0.05, 0) is 37.4 Å². The highest BCUT2D eigenvalue weighted by atomic mass is 32.2. The molecule has 2 heterocycles. The lowest BCUT2D eigenvalue weighted by Crippen LogP contribution is -2.02. The number of aromatic nitrogens is 1. The Hall–Kier alpha value is -3.15. The van der Waals surface area contributed by atoms with Crippen molar-refractivity contribution in [2.45, 2.75) is 11.8 Å². The summed E-state index contributed by atoms with van der Waals surface area (Å²) >= 11 is 3.33. The predicted octanol–water partition coefficient (Wildman–Crippen LogP) is 7.49. The van der Waals surface area contributed by atoms with Crippen LogP contribution in [0.15, 0.2) is 99.2 Å². The van der Waals surface area contributed by atoms with Crippen LogP contribution in [0.2, 0.25) is 0 Å². The molecule has 3 nitrogen and oxygen atoms in total. The molecular weight excluding hydrogens is 420 g/mol. The smallest absolute Gasteiger partial charge is 0.210 e. The van der Waals surface area contributed by atoms with Crippen molar-refractivity contribution in [2.24, 2.45) is 4.99 Å². The fourth-order valence-electron chi connectivity index (χ4n) is 3.50. The molecular formula is C26H20N2OS2. The minimum Gasteiger partial charge on any atom is -0.456 e. The van der Waals surface area contributed by atoms with Crippen LogP contribution in [0.1, 0.15) is 4.88 Å². The monoisotopic (exact) mass is 440 g/mol. The standard InChI is InChI=1S/C26H20N2OS2/c1-17-25(19-8-4-3-5-9-19)28-26(31-17)27-22-16-24(18-12-14-20(30-2)15-13-18)29-23-11-7-6-10-21(22)23/h3-16H,1-2H3/b27-22+. The van der Waals surface area contributed by atoms with Crippen molar-refractivity contribution in [2.75, 3.05) is 6.26 Å². The number of para-hydroxylation sites is 1. The van der Waals surface area contributed by atoms with Crippen molar-refractivity contribution in [3.63, 3.8) is 0 Å². The molecule has 0 N–H and O–H groups in total. The first-order chi connectivity index (χ1) is 15.2. The number of benzene rings is 3. The Morgan fingerprint density at radius 2 is 1.61 bits per heavy atom. The predicted molar refractivity (Wildman–Crippen MR) is 131 cm³/mol. The van der Waals surface area contributed by atoms with Crippen LogP contribution in [0.4, 0.5) is 5.13 Å². The second-order valence-corrected chi connectivity index (χ2v) is 9.16. The third kappa shape index (κ3) is 4.07. The zero-order valence-corrected chi connectivity index (χ0v) is 18.8. The summed E-state index contributed by atoms with van der Waals surface area (Å²) in [6.45, 7) is 2.09. The molecule has 0 aliphatic heterocycles. The first-order valence-corrected chi connectivity index (χ1v) is 12.0. The van der Waals surface area contributed by atoms with Crippen molar-refractivity contribution in [1.29, 1.82) is 0 Å². The summed E-state index contributed by atoms with van der Waals surface area (Å²) in [6.07, 6.45) is 2.08. The molecule has 0 atom stereocenters. The van der Waals surface area contributed by atoms with Crippen LogP contribution in [0.3, 0.4) is 0 Å². The Morgan fingerprint density at radius 3 is 2.39 bits per heavy atom. The summed E-state index contributed by atoms with van der Waals surface area (Å²) in [7, 11) is 0. The van der Waals surface area contributed by atoms with Crippen molar-refractivity contribution in [1.82, 2.24) is 4.98 Å². The number of aryl methyl sites for hydroxylation is 1. The molecule has 0 unspecified atom stereocenters. The van der Waals surface area contributed by atoms with E-state index in [1.54, 1.807) is 23.1 Å². The number of nitrogens with zero attached hydrogens (tertiary/aromatic N) is 2. The van der Waals surface area contributed by atoms with Gasteiger partial charge in [0.1, 0.15) is 11.3 Å². The summed E-state index contributed by atoms with van der Waals surface area (Å²) in [5, 5.41) is 2.58. The van der Waals surface area contributed by atoms with Crippen LogP contribution < -0.4 is 5.36 Å². The van der Waals surface area contributed by atoms with Gasteiger partial charge in [-0.2, -0.15) is 0 Å². The first-order valence-electron chi connectivity index (χ1n) is 9.96. The highest BCUT2D eigenvalue weighted by molar-refractivity contribution is 7.98. The van der Waals surface area contributed by atoms with Crippen LogP contribution >= 0.6 is 23.1 Å². The van der Waals surface area contributed by atoms with Crippen LogP contribution in [0.25, 0.3) is 33.6 Å². The zero-order chi connectivity index (χ0) is 21.2. The molecule has 0 saturated heterocycles. The second-order valence-electron chi connectivity index (χ2n) is 7.10. The van der Waals surface area contributed by atoms with Gasteiger partial charge in [0.05, 0.1) is 11.1 Å². The SMILES string of the molecule is CSc1ccc(-c2c/c(=N\c3nc(-c4ccccc4)c(C)s3)c3ccccc3o2)cc1. The molecule has 31 heavy (non-hydrogen) atoms. The average molecular weight is 441 g/mol. The fraction of sp³-hybridized carbons (Fsp3) is 0.0769. The van der Waals surface area contributed by atoms with Crippen molar-refractivity contribution in [3.05, 3.63) is 95.2 Å². The molecule has 5 aromatic rings. The molecule has 0 spiro atoms. The van der Waals surface area contributed by atoms with E-state index in [2.05, 4.69) is 49.6 Å². The van der Waals surface area contributed by atoms with Gasteiger partial charge >= 0.3 is 0 Å². The molecule has 0 saturated carbocycles. The van der Waals surface area contributed by atoms with Gasteiger partial charge in [-0.3, -0.25) is 0 Å². The van der Waals surface area contributed by atoms with E-state index in [1.165, 1.54) is 4.90 Å². The molecule has 152 valence electrons. The maximum absolute atomic E-state index is 6.21. The van der Waals surface area contributed by atoms with Crippen LogP contribution in [0.5, 0.6) is 0 Å². The molecule has 0 fully saturated rings. The van der Waals surface area contributed by atoms with Crippen molar-refractivity contribution >= 4 is 39.2 Å². The van der Waals surface area contributed by atoms with E-state index in [1.807, 2.05) is 48.5 Å². The van der Waals surface area contributed by atoms with E-state index >= 15 is 0 Å². The van der Waals surface area contributed by atoms with Crippen molar-refractivity contribution in [3.8, 4) is 22.6 Å². The Balaban J connectivity index is 1.66. The summed E-state index contributed by atoms with van der Waals surface area (Å²) in [6, 6.07) is 28.7. The number of hydrogen-bond acceptors (Lipinski definition) is 5. The summed E-state index contributed by atoms with van der Waals surface area (Å²) in [5.74, 6) is 0.793. The van der Waals surface area contributed by atoms with E-state index in [9.17, 15) is 0 Å². The van der Waals surface area contributed by atoms with Gasteiger partial charge in [-0.1, -0.05) is 65.9 Å². The lowest BCUT2D eigenvalue weighted by molar-refractivity contribution is 0.618. The summed E-state index contributed by atoms with van der Waals surface area (Å²) in [4.78, 5) is 12.1. The third-order valence-corrected chi connectivity index (χ3v) is 6.68. The summed E-state index contributed by atoms with van der Waals surface area (Å²) < 4.78 is 6.21. The van der Waals surface area contributed by atoms with Gasteiger partial charge in [0, 0.05) is 32.4 Å². The van der Waals surface area contributed by atoms with E-state index < -0.39 is 0 Å². The molecule has 0 bridgehead atoms. The highest BCUT2D eigenvalue weighted by Crippen LogP contribution is 2.32. The maximum atomic E-state index is 6.21. The number of thioether (sulfide) groups is 1. The molecule has 2 aromatic heterocycles. The van der Waals surface area contributed by atoms with Gasteiger partial charge in [0.2, 0.25) is 5.13 Å². The van der Waals surface area contributed by atoms with E-state index in [-0.39, 0.29) is 0 Å². The lowest BCUT2D eigenvalue weighted by atomic mass is 10.1. The molecule has 0 radical (unpaired) electrons. The average Bonchev–Trinajstić information content (AvgIpc) is 3.19. The Morgan fingerprint density at radius 1 is 0.871 bits per heavy atom. The van der Waals surface area contributed by atoms with Crippen molar-refractivity contribution < 1.29 is 4.42 Å². The highest BCUT2D eigenvalue weighted by Gasteiger charge is 2.10. The Bertz CT molecular complexity index is 1420. The molecule has 3 aromatic carbocycles. The first kappa shape index (κ1) is 19.8. The molecule has 0 aliphatic rings. The number of hydrogen-bond donors (Lipinski definition) is 0. The molecule has 5 heteroatoms. The number of fused-ring (bicyclic) bond motifs is 1. The minimum absolute atomic E-state index is 0.747. The zero-order valence-electron chi connectivity index (χ0n) is 17.2. The fourth-order valence-corrected chi connectivity index (χ4v) is 4.73. The van der Waals surface area contributed by atoms with E-state index in [0.29, 0.717) is 0 Å². The Labute approximate surface area is 189 Å². The maximum Gasteiger partial charge on any atom is 0.210 e. The van der Waals surface area contributed by atoms with Gasteiger partial charge in [-0.15, -0.1) is 11.8 Å². The summed E-state index contributed by atoms with van der Waals surface area (Å²) in [5.41, 5.74) is 3.94. The quantitative estimate of drug-likeness (QED) is 0.272. The molecule has 0 aliphatic carbocycles. The van der Waals surface area contributed by atoms with Crippen LogP contribution in [-0.2, 0) is 0 Å². The normalized spacial score (nSPS) is 11.9. The van der Waals surface area contributed by atoms with Gasteiger partial charge in [0.15, 0.2) is 0 Å². The topological polar surface area (TPSA) is 38.4 Å². The van der Waals surface area contributed by atoms with Crippen LogP contribution in [0, 0.1) is 6.92 Å². The second kappa shape index (κ2) is 8.53. The molecule has 5 rings (SSSR count). The molecule has 0 amide bonds. The van der Waals surface area contributed by atoms with Gasteiger partial charge in [-0.25, -0.2) is 9.98 Å². The van der Waals surface area contributed by atoms with Crippen LogP contribution in [-0.4, -0.2) is 11.2 Å². The number of rotatable bonds is 4. The van der Waals surface area contributed by atoms with E-state index in [4.69, 9.17) is 14.4 Å². The number of thiazole rings is 1. The lowest BCUT2D eigenvalue weighted by Gasteiger charge is -2.05. The van der Waals surface area contributed by atoms with Gasteiger partial charge in [0.25, 0.3) is 0 Å². The third-order valence-electron chi connectivity index (χ3n) is 5.07. The largest absolute Gasteiger partial charge is 0.456 e. The van der Waals surface area contributed by atoms with E-state index in [0.717, 1.165) is 48.9 Å². The minimum atomic E-state index is 0.747. The Kier molecular flexibility index (Phi) is 5.45. The van der Waals surface area contributed by atoms with Gasteiger partial charge < -0.3 is 4.42 Å².